The van der Waals surface area contributed by atoms with Crippen LogP contribution in [-0.2, 0) is 4.79 Å². The van der Waals surface area contributed by atoms with Crippen LogP contribution >= 0.6 is 0 Å². The maximum absolute atomic E-state index is 11.4. The number of nitrogens with two attached hydrogens (primary N) is 1. The Morgan fingerprint density at radius 1 is 1.04 bits per heavy atom. The molecule has 5 nitrogen and oxygen atoms in total. The first-order chi connectivity index (χ1) is 11.6. The molecule has 2 aliphatic heterocycles. The van der Waals surface area contributed by atoms with Crippen LogP contribution in [0.25, 0.3) is 0 Å². The first-order valence-electron chi connectivity index (χ1n) is 10.0. The quantitative estimate of drug-likeness (QED) is 0.767. The number of primary amides is 1. The molecule has 0 aromatic rings. The average Bonchev–Trinajstić information content (AvgIpc) is 2.85. The lowest BCUT2D eigenvalue weighted by molar-refractivity contribution is -0.120. The Morgan fingerprint density at radius 2 is 1.79 bits per heavy atom. The van der Waals surface area contributed by atoms with Crippen LogP contribution in [0.4, 0.5) is 0 Å². The molecule has 2 heterocycles. The molecule has 0 aromatic heterocycles. The van der Waals surface area contributed by atoms with Gasteiger partial charge >= 0.3 is 0 Å². The van der Waals surface area contributed by atoms with Crippen molar-refractivity contribution >= 4 is 5.91 Å². The normalized spacial score (nSPS) is 32.5. The summed E-state index contributed by atoms with van der Waals surface area (Å²) in [5, 5.41) is 11.0. The topological polar surface area (TPSA) is 69.8 Å². The fourth-order valence-electron chi connectivity index (χ4n) is 5.25. The second kappa shape index (κ2) is 8.15. The lowest BCUT2D eigenvalue weighted by Crippen LogP contribution is -2.54. The summed E-state index contributed by atoms with van der Waals surface area (Å²) in [4.78, 5) is 16.2. The van der Waals surface area contributed by atoms with Gasteiger partial charge in [0.2, 0.25) is 5.91 Å². The van der Waals surface area contributed by atoms with Gasteiger partial charge in [0, 0.05) is 19.1 Å². The number of aliphatic hydroxyl groups is 1. The molecule has 5 heteroatoms. The number of amides is 1. The van der Waals surface area contributed by atoms with Gasteiger partial charge in [0.05, 0.1) is 12.1 Å². The standard InChI is InChI=1S/C19H35N3O2/c20-18(23)14-22-11-6-3-7-16-13-21(12-8-17(16)22)15-19(24)9-4-1-2-5-10-19/h16-17,24H,1-15H2,(H2,20,23)/t16-,17+/m0/s1. The molecule has 0 aromatic carbocycles. The molecule has 0 spiro atoms. The van der Waals surface area contributed by atoms with Crippen LogP contribution in [0.5, 0.6) is 0 Å². The minimum absolute atomic E-state index is 0.203. The molecule has 24 heavy (non-hydrogen) atoms. The maximum Gasteiger partial charge on any atom is 0.231 e. The van der Waals surface area contributed by atoms with Crippen molar-refractivity contribution in [1.29, 1.82) is 0 Å². The summed E-state index contributed by atoms with van der Waals surface area (Å²) in [7, 11) is 0. The number of piperidine rings is 1. The Labute approximate surface area is 146 Å². The molecular formula is C19H35N3O2. The number of carbonyl (C=O) groups excluding carboxylic acids is 1. The molecule has 2 atom stereocenters. The number of fused-ring (bicyclic) bond motifs is 1. The number of hydrogen-bond acceptors (Lipinski definition) is 4. The van der Waals surface area contributed by atoms with Crippen molar-refractivity contribution in [2.24, 2.45) is 11.7 Å². The van der Waals surface area contributed by atoms with E-state index < -0.39 is 5.60 Å². The Bertz CT molecular complexity index is 421. The van der Waals surface area contributed by atoms with Crippen LogP contribution in [0.15, 0.2) is 0 Å². The molecule has 3 N–H and O–H groups in total. The van der Waals surface area contributed by atoms with Gasteiger partial charge in [-0.25, -0.2) is 0 Å². The Kier molecular flexibility index (Phi) is 6.17. The fourth-order valence-corrected chi connectivity index (χ4v) is 5.25. The summed E-state index contributed by atoms with van der Waals surface area (Å²) < 4.78 is 0. The summed E-state index contributed by atoms with van der Waals surface area (Å²) >= 11 is 0. The van der Waals surface area contributed by atoms with Gasteiger partial charge in [0.1, 0.15) is 0 Å². The van der Waals surface area contributed by atoms with Gasteiger partial charge in [-0.3, -0.25) is 9.69 Å². The van der Waals surface area contributed by atoms with Crippen molar-refractivity contribution in [1.82, 2.24) is 9.80 Å². The first kappa shape index (κ1) is 18.2. The zero-order chi connectivity index (χ0) is 17.0. The van der Waals surface area contributed by atoms with Crippen molar-refractivity contribution in [2.75, 3.05) is 32.7 Å². The molecule has 1 saturated carbocycles. The minimum Gasteiger partial charge on any atom is -0.389 e. The van der Waals surface area contributed by atoms with Crippen LogP contribution in [0.1, 0.15) is 64.2 Å². The van der Waals surface area contributed by atoms with E-state index in [2.05, 4.69) is 9.80 Å². The SMILES string of the molecule is NC(=O)CN1CCCC[C@H]2CN(CC3(O)CCCCCC3)CC[C@H]21. The highest BCUT2D eigenvalue weighted by Crippen LogP contribution is 2.33. The molecule has 0 radical (unpaired) electrons. The number of carbonyl (C=O) groups is 1. The minimum atomic E-state index is -0.471. The van der Waals surface area contributed by atoms with Crippen molar-refractivity contribution in [3.63, 3.8) is 0 Å². The second-order valence-electron chi connectivity index (χ2n) is 8.42. The monoisotopic (exact) mass is 337 g/mol. The van der Waals surface area contributed by atoms with E-state index in [1.54, 1.807) is 0 Å². The number of nitrogens with zero attached hydrogens (tertiary/aromatic N) is 2. The number of rotatable bonds is 4. The summed E-state index contributed by atoms with van der Waals surface area (Å²) in [6.07, 6.45) is 11.6. The Balaban J connectivity index is 1.59. The van der Waals surface area contributed by atoms with E-state index in [0.717, 1.165) is 45.4 Å². The number of likely N-dealkylation sites (tertiary alicyclic amines) is 2. The number of β-amino-alcohol motifs (C(OH)–C–C–N with tert-alkyl or cyclic N) is 1. The molecular weight excluding hydrogens is 302 g/mol. The summed E-state index contributed by atoms with van der Waals surface area (Å²) in [6, 6.07) is 0.500. The van der Waals surface area contributed by atoms with E-state index in [-0.39, 0.29) is 5.91 Å². The van der Waals surface area contributed by atoms with Gasteiger partial charge in [-0.1, -0.05) is 32.1 Å². The van der Waals surface area contributed by atoms with E-state index in [1.807, 2.05) is 0 Å². The third-order valence-electron chi connectivity index (χ3n) is 6.43. The van der Waals surface area contributed by atoms with Crippen LogP contribution < -0.4 is 5.73 Å². The molecule has 3 fully saturated rings. The predicted octanol–water partition coefficient (Wildman–Crippen LogP) is 1.73. The predicted molar refractivity (Wildman–Crippen MR) is 95.6 cm³/mol. The smallest absolute Gasteiger partial charge is 0.231 e. The average molecular weight is 338 g/mol. The van der Waals surface area contributed by atoms with Crippen LogP contribution in [0.3, 0.4) is 0 Å². The lowest BCUT2D eigenvalue weighted by Gasteiger charge is -2.44. The molecule has 1 aliphatic carbocycles. The molecule has 3 rings (SSSR count). The highest BCUT2D eigenvalue weighted by atomic mass is 16.3. The van der Waals surface area contributed by atoms with E-state index in [0.29, 0.717) is 18.5 Å². The van der Waals surface area contributed by atoms with E-state index in [9.17, 15) is 9.90 Å². The molecule has 0 bridgehead atoms. The third-order valence-corrected chi connectivity index (χ3v) is 6.43. The van der Waals surface area contributed by atoms with Gasteiger partial charge < -0.3 is 15.7 Å². The van der Waals surface area contributed by atoms with Gasteiger partial charge in [-0.2, -0.15) is 0 Å². The zero-order valence-electron chi connectivity index (χ0n) is 15.1. The van der Waals surface area contributed by atoms with Crippen molar-refractivity contribution < 1.29 is 9.90 Å². The lowest BCUT2D eigenvalue weighted by atomic mass is 9.86. The van der Waals surface area contributed by atoms with E-state index in [4.69, 9.17) is 5.73 Å². The third kappa shape index (κ3) is 4.70. The summed E-state index contributed by atoms with van der Waals surface area (Å²) in [6.45, 7) is 4.37. The highest BCUT2D eigenvalue weighted by molar-refractivity contribution is 5.75. The maximum atomic E-state index is 11.4. The van der Waals surface area contributed by atoms with Gasteiger partial charge in [-0.05, 0) is 51.1 Å². The van der Waals surface area contributed by atoms with Crippen LogP contribution in [0, 0.1) is 5.92 Å². The largest absolute Gasteiger partial charge is 0.389 e. The molecule has 2 saturated heterocycles. The summed E-state index contributed by atoms with van der Waals surface area (Å²) in [5.74, 6) is 0.417. The van der Waals surface area contributed by atoms with E-state index in [1.165, 1.54) is 44.9 Å². The zero-order valence-corrected chi connectivity index (χ0v) is 15.1. The first-order valence-corrected chi connectivity index (χ1v) is 10.0. The van der Waals surface area contributed by atoms with Crippen molar-refractivity contribution in [2.45, 2.75) is 75.9 Å². The molecule has 138 valence electrons. The Hall–Kier alpha value is -0.650. The van der Waals surface area contributed by atoms with Crippen molar-refractivity contribution in [3.05, 3.63) is 0 Å². The van der Waals surface area contributed by atoms with Crippen molar-refractivity contribution in [3.8, 4) is 0 Å². The molecule has 3 aliphatic rings. The Morgan fingerprint density at radius 3 is 2.50 bits per heavy atom. The van der Waals surface area contributed by atoms with Crippen LogP contribution in [0.2, 0.25) is 0 Å². The number of hydrogen-bond donors (Lipinski definition) is 2. The highest BCUT2D eigenvalue weighted by Gasteiger charge is 2.38. The molecule has 1 amide bonds. The molecule has 0 unspecified atom stereocenters. The second-order valence-corrected chi connectivity index (χ2v) is 8.42. The van der Waals surface area contributed by atoms with E-state index >= 15 is 0 Å². The fraction of sp³-hybridized carbons (Fsp3) is 0.947. The van der Waals surface area contributed by atoms with Gasteiger partial charge in [0.15, 0.2) is 0 Å². The summed E-state index contributed by atoms with van der Waals surface area (Å²) in [5.41, 5.74) is 4.98. The van der Waals surface area contributed by atoms with Crippen LogP contribution in [-0.4, -0.2) is 65.2 Å². The van der Waals surface area contributed by atoms with Gasteiger partial charge in [-0.15, -0.1) is 0 Å². The van der Waals surface area contributed by atoms with Gasteiger partial charge in [0.25, 0.3) is 0 Å².